The lowest BCUT2D eigenvalue weighted by Gasteiger charge is -2.00. The highest BCUT2D eigenvalue weighted by Crippen LogP contribution is 2.19. The molecule has 0 bridgehead atoms. The summed E-state index contributed by atoms with van der Waals surface area (Å²) in [4.78, 5) is 15.2. The van der Waals surface area contributed by atoms with Crippen molar-refractivity contribution in [2.75, 3.05) is 12.0 Å². The van der Waals surface area contributed by atoms with Crippen molar-refractivity contribution in [3.63, 3.8) is 0 Å². The van der Waals surface area contributed by atoms with Gasteiger partial charge in [-0.05, 0) is 12.1 Å². The van der Waals surface area contributed by atoms with Gasteiger partial charge in [-0.15, -0.1) is 0 Å². The van der Waals surface area contributed by atoms with Gasteiger partial charge in [-0.3, -0.25) is 9.56 Å². The van der Waals surface area contributed by atoms with Gasteiger partial charge in [0, 0.05) is 12.0 Å². The van der Waals surface area contributed by atoms with Crippen molar-refractivity contribution in [1.82, 2.24) is 4.72 Å². The lowest BCUT2D eigenvalue weighted by molar-refractivity contribution is 0.150. The molecular weight excluding hydrogens is 212 g/mol. The van der Waals surface area contributed by atoms with Crippen LogP contribution in [0.3, 0.4) is 0 Å². The predicted octanol–water partition coefficient (Wildman–Crippen LogP) is 1.41. The zero-order valence-electron chi connectivity index (χ0n) is 7.27. The molecule has 1 atom stereocenters. The molecule has 0 spiro atoms. The number of amides is 1. The smallest absolute Gasteiger partial charge is 0.443 e. The van der Waals surface area contributed by atoms with Gasteiger partial charge in [0.2, 0.25) is 0 Å². The third kappa shape index (κ3) is 3.77. The number of hydrogen-bond acceptors (Lipinski definition) is 6. The highest BCUT2D eigenvalue weighted by Gasteiger charge is 2.19. The van der Waals surface area contributed by atoms with E-state index in [9.17, 15) is 4.79 Å². The zero-order chi connectivity index (χ0) is 9.68. The second kappa shape index (κ2) is 5.23. The van der Waals surface area contributed by atoms with Crippen LogP contribution in [0.2, 0.25) is 0 Å². The van der Waals surface area contributed by atoms with Crippen LogP contribution in [0.25, 0.3) is 0 Å². The van der Waals surface area contributed by atoms with E-state index in [2.05, 4.69) is 14.7 Å². The Labute approximate surface area is 84.7 Å². The van der Waals surface area contributed by atoms with Crippen LogP contribution in [-0.4, -0.2) is 29.4 Å². The molecule has 13 heavy (non-hydrogen) atoms. The first-order valence-electron chi connectivity index (χ1n) is 3.60. The molecule has 74 valence electrons. The van der Waals surface area contributed by atoms with Gasteiger partial charge in [-0.1, -0.05) is 23.7 Å². The fourth-order valence-corrected chi connectivity index (χ4v) is 1.63. The van der Waals surface area contributed by atoms with Crippen LogP contribution in [-0.2, 0) is 9.57 Å². The molecule has 1 heterocycles. The molecule has 0 radical (unpaired) electrons. The highest BCUT2D eigenvalue weighted by molar-refractivity contribution is 8.13. The Kier molecular flexibility index (Phi) is 4.23. The molecule has 0 aliphatic carbocycles. The predicted molar refractivity (Wildman–Crippen MR) is 53.6 cm³/mol. The molecule has 5 nitrogen and oxygen atoms in total. The summed E-state index contributed by atoms with van der Waals surface area (Å²) in [5, 5.41) is 3.93. The quantitative estimate of drug-likeness (QED) is 0.435. The Hall–Kier alpha value is -0.560. The van der Waals surface area contributed by atoms with Gasteiger partial charge in [0.05, 0.1) is 0 Å². The number of hydrogen-bond donors (Lipinski definition) is 1. The Morgan fingerprint density at radius 2 is 2.69 bits per heavy atom. The standard InChI is InChI=1S/C6H10N2O3S2/c1-4-3-13-6(10-4)7-11-5(9)8-12-2/h4H,3H2,1-2H3,(H,8,9). The van der Waals surface area contributed by atoms with E-state index in [0.717, 1.165) is 17.7 Å². The summed E-state index contributed by atoms with van der Waals surface area (Å²) in [6, 6.07) is 0. The lowest BCUT2D eigenvalue weighted by atomic mass is 10.5. The van der Waals surface area contributed by atoms with Crippen molar-refractivity contribution in [1.29, 1.82) is 0 Å². The van der Waals surface area contributed by atoms with Crippen LogP contribution in [0, 0.1) is 0 Å². The molecule has 1 rings (SSSR count). The van der Waals surface area contributed by atoms with Crippen molar-refractivity contribution in [2.45, 2.75) is 13.0 Å². The molecular formula is C6H10N2O3S2. The van der Waals surface area contributed by atoms with Gasteiger partial charge in [-0.25, -0.2) is 4.79 Å². The van der Waals surface area contributed by atoms with Gasteiger partial charge < -0.3 is 4.74 Å². The average molecular weight is 222 g/mol. The molecule has 1 N–H and O–H groups in total. The van der Waals surface area contributed by atoms with Crippen LogP contribution >= 0.6 is 23.7 Å². The fourth-order valence-electron chi connectivity index (χ4n) is 0.657. The fraction of sp³-hybridized carbons (Fsp3) is 0.667. The molecule has 0 aromatic carbocycles. The van der Waals surface area contributed by atoms with E-state index in [4.69, 9.17) is 4.74 Å². The maximum atomic E-state index is 10.8. The van der Waals surface area contributed by atoms with Gasteiger partial charge in [0.1, 0.15) is 6.10 Å². The SMILES string of the molecule is CSNC(=O)ON=C1OC(C)CS1. The van der Waals surface area contributed by atoms with E-state index in [1.54, 1.807) is 6.26 Å². The number of ether oxygens (including phenoxy) is 1. The second-order valence-electron chi connectivity index (χ2n) is 2.28. The summed E-state index contributed by atoms with van der Waals surface area (Å²) >= 11 is 2.58. The van der Waals surface area contributed by atoms with E-state index in [0.29, 0.717) is 5.23 Å². The number of nitrogens with one attached hydrogen (secondary N) is 1. The van der Waals surface area contributed by atoms with Gasteiger partial charge >= 0.3 is 6.09 Å². The molecule has 1 aliphatic heterocycles. The minimum absolute atomic E-state index is 0.135. The van der Waals surface area contributed by atoms with Crippen molar-refractivity contribution < 1.29 is 14.4 Å². The third-order valence-electron chi connectivity index (χ3n) is 1.13. The zero-order valence-corrected chi connectivity index (χ0v) is 8.91. The van der Waals surface area contributed by atoms with Crippen LogP contribution in [0.4, 0.5) is 4.79 Å². The summed E-state index contributed by atoms with van der Waals surface area (Å²) in [6.45, 7) is 1.93. The van der Waals surface area contributed by atoms with Crippen molar-refractivity contribution in [3.8, 4) is 0 Å². The maximum Gasteiger partial charge on any atom is 0.443 e. The molecule has 1 unspecified atom stereocenters. The average Bonchev–Trinajstić information content (AvgIpc) is 2.49. The lowest BCUT2D eigenvalue weighted by Crippen LogP contribution is -2.14. The minimum Gasteiger partial charge on any atom is -0.467 e. The number of nitrogens with zero attached hydrogens (tertiary/aromatic N) is 1. The molecule has 1 amide bonds. The highest BCUT2D eigenvalue weighted by atomic mass is 32.2. The summed E-state index contributed by atoms with van der Waals surface area (Å²) in [6.07, 6.45) is 1.26. The molecule has 1 saturated heterocycles. The van der Waals surface area contributed by atoms with Crippen LogP contribution in [0.15, 0.2) is 5.16 Å². The van der Waals surface area contributed by atoms with Crippen molar-refractivity contribution in [3.05, 3.63) is 0 Å². The topological polar surface area (TPSA) is 59.9 Å². The molecule has 1 fully saturated rings. The monoisotopic (exact) mass is 222 g/mol. The first-order valence-corrected chi connectivity index (χ1v) is 5.81. The Morgan fingerprint density at radius 1 is 1.92 bits per heavy atom. The van der Waals surface area contributed by atoms with E-state index in [1.807, 2.05) is 6.92 Å². The van der Waals surface area contributed by atoms with E-state index >= 15 is 0 Å². The number of carbonyl (C=O) groups is 1. The number of rotatable bonds is 2. The summed E-state index contributed by atoms with van der Waals surface area (Å²) in [5.74, 6) is 0.840. The number of thioether (sulfide) groups is 1. The Bertz CT molecular complexity index is 222. The van der Waals surface area contributed by atoms with Crippen molar-refractivity contribution in [2.24, 2.45) is 5.16 Å². The maximum absolute atomic E-state index is 10.8. The minimum atomic E-state index is -0.594. The second-order valence-corrected chi connectivity index (χ2v) is 3.87. The summed E-state index contributed by atoms with van der Waals surface area (Å²) in [7, 11) is 0. The van der Waals surface area contributed by atoms with Gasteiger partial charge in [-0.2, -0.15) is 0 Å². The number of oxime groups is 1. The molecule has 7 heteroatoms. The normalized spacial score (nSPS) is 24.2. The van der Waals surface area contributed by atoms with Gasteiger partial charge in [0.25, 0.3) is 5.23 Å². The third-order valence-corrected chi connectivity index (χ3v) is 2.56. The molecule has 0 aromatic rings. The first kappa shape index (κ1) is 10.5. The van der Waals surface area contributed by atoms with Crippen LogP contribution < -0.4 is 4.72 Å². The van der Waals surface area contributed by atoms with Gasteiger partial charge in [0.15, 0.2) is 0 Å². The Morgan fingerprint density at radius 3 is 3.23 bits per heavy atom. The van der Waals surface area contributed by atoms with E-state index < -0.39 is 6.09 Å². The molecule has 0 aromatic heterocycles. The van der Waals surface area contributed by atoms with Crippen molar-refractivity contribution >= 4 is 35.0 Å². The summed E-state index contributed by atoms with van der Waals surface area (Å²) in [5.41, 5.74) is 0. The summed E-state index contributed by atoms with van der Waals surface area (Å²) < 4.78 is 7.56. The molecule has 1 aliphatic rings. The van der Waals surface area contributed by atoms with Crippen LogP contribution in [0.1, 0.15) is 6.92 Å². The van der Waals surface area contributed by atoms with Crippen LogP contribution in [0.5, 0.6) is 0 Å². The van der Waals surface area contributed by atoms with E-state index in [-0.39, 0.29) is 6.10 Å². The van der Waals surface area contributed by atoms with E-state index in [1.165, 1.54) is 11.8 Å². The molecule has 0 saturated carbocycles. The largest absolute Gasteiger partial charge is 0.467 e. The first-order chi connectivity index (χ1) is 6.22. The number of carbonyl (C=O) groups excluding carboxylic acids is 1. The Balaban J connectivity index is 2.27.